The van der Waals surface area contributed by atoms with Crippen LogP contribution >= 0.6 is 0 Å². The zero-order valence-electron chi connectivity index (χ0n) is 30.7. The van der Waals surface area contributed by atoms with Crippen molar-refractivity contribution in [3.8, 4) is 28.3 Å². The van der Waals surface area contributed by atoms with Crippen LogP contribution in [0.3, 0.4) is 0 Å². The Morgan fingerprint density at radius 1 is 0.593 bits per heavy atom. The van der Waals surface area contributed by atoms with Gasteiger partial charge >= 0.3 is 0 Å². The number of carbonyl (C=O) groups is 2. The van der Waals surface area contributed by atoms with Crippen molar-refractivity contribution in [1.82, 2.24) is 28.5 Å². The summed E-state index contributed by atoms with van der Waals surface area (Å²) in [6, 6.07) is 23.1. The van der Waals surface area contributed by atoms with Crippen molar-refractivity contribution >= 4 is 33.6 Å². The smallest absolute Gasteiger partial charge is 0.281 e. The molecule has 0 saturated carbocycles. The summed E-state index contributed by atoms with van der Waals surface area (Å²) in [4.78, 5) is 48.5. The second-order valence-corrected chi connectivity index (χ2v) is 14.9. The second-order valence-electron chi connectivity index (χ2n) is 14.9. The zero-order chi connectivity index (χ0) is 36.6. The molecule has 4 aromatic heterocycles. The molecule has 6 aromatic rings. The summed E-state index contributed by atoms with van der Waals surface area (Å²) in [6.07, 6.45) is 13.4. The van der Waals surface area contributed by atoms with E-state index in [-0.39, 0.29) is 17.2 Å². The first-order valence-corrected chi connectivity index (χ1v) is 19.7. The quantitative estimate of drug-likeness (QED) is 0.144. The third-order valence-electron chi connectivity index (χ3n) is 11.5. The van der Waals surface area contributed by atoms with Gasteiger partial charge in [0.1, 0.15) is 17.1 Å². The van der Waals surface area contributed by atoms with E-state index in [0.717, 1.165) is 71.6 Å². The van der Waals surface area contributed by atoms with Crippen molar-refractivity contribution in [2.45, 2.75) is 57.9 Å². The maximum Gasteiger partial charge on any atom is 0.281 e. The third kappa shape index (κ3) is 6.17. The summed E-state index contributed by atoms with van der Waals surface area (Å²) < 4.78 is 11.6. The molecule has 276 valence electrons. The lowest BCUT2D eigenvalue weighted by atomic mass is 10.1. The molecule has 0 atom stereocenters. The molecule has 0 amide bonds. The Morgan fingerprint density at radius 3 is 1.93 bits per heavy atom. The first-order chi connectivity index (χ1) is 26.6. The van der Waals surface area contributed by atoms with Crippen molar-refractivity contribution in [3.05, 3.63) is 107 Å². The number of carbonyl (C=O) groups excluding carboxylic acids is 2. The fourth-order valence-corrected chi connectivity index (χ4v) is 8.85. The lowest BCUT2D eigenvalue weighted by molar-refractivity contribution is 0.0954. The molecule has 4 aliphatic rings. The maximum atomic E-state index is 13.1. The lowest BCUT2D eigenvalue weighted by Gasteiger charge is -2.26. The van der Waals surface area contributed by atoms with Crippen LogP contribution in [0, 0.1) is 0 Å². The monoisotopic (exact) mass is 722 g/mol. The van der Waals surface area contributed by atoms with Gasteiger partial charge in [-0.1, -0.05) is 37.1 Å². The molecule has 0 spiro atoms. The average Bonchev–Trinajstić information content (AvgIpc) is 4.00. The summed E-state index contributed by atoms with van der Waals surface area (Å²) in [5.41, 5.74) is 5.65. The zero-order valence-corrected chi connectivity index (χ0v) is 30.7. The van der Waals surface area contributed by atoms with Gasteiger partial charge in [0, 0.05) is 36.3 Å². The highest BCUT2D eigenvalue weighted by atomic mass is 16.5. The number of para-hydroxylation sites is 2. The predicted octanol–water partition coefficient (Wildman–Crippen LogP) is 7.31. The van der Waals surface area contributed by atoms with E-state index < -0.39 is 0 Å². The van der Waals surface area contributed by atoms with Gasteiger partial charge in [0.15, 0.2) is 5.43 Å². The van der Waals surface area contributed by atoms with Gasteiger partial charge in [-0.25, -0.2) is 4.98 Å². The van der Waals surface area contributed by atoms with Crippen LogP contribution in [0.4, 0.5) is 0 Å². The number of likely N-dealkylation sites (tertiary alicyclic amines) is 2. The fourth-order valence-electron chi connectivity index (χ4n) is 8.85. The number of nitrogens with zero attached hydrogens (tertiary/aromatic N) is 6. The minimum atomic E-state index is -0.0918. The number of hydrogen-bond donors (Lipinski definition) is 0. The van der Waals surface area contributed by atoms with Crippen molar-refractivity contribution < 1.29 is 14.3 Å². The first kappa shape index (κ1) is 34.4. The van der Waals surface area contributed by atoms with Crippen LogP contribution < -0.4 is 10.2 Å². The number of fused-ring (bicyclic) bond motifs is 8. The summed E-state index contributed by atoms with van der Waals surface area (Å²) in [5, 5.41) is 1.66. The molecule has 10 heteroatoms. The number of aryl methyl sites for hydroxylation is 1. The van der Waals surface area contributed by atoms with Gasteiger partial charge in [-0.2, -0.15) is 0 Å². The molecule has 10 nitrogen and oxygen atoms in total. The summed E-state index contributed by atoms with van der Waals surface area (Å²) in [6.45, 7) is 8.25. The molecule has 0 radical (unpaired) electrons. The number of ether oxygens (including phenoxy) is 1. The largest absolute Gasteiger partial charge is 0.492 e. The number of pyridine rings is 2. The molecule has 4 aliphatic heterocycles. The fraction of sp³-hybridized carbons (Fsp3) is 0.364. The highest BCUT2D eigenvalue weighted by Crippen LogP contribution is 2.42. The van der Waals surface area contributed by atoms with Crippen LogP contribution in [-0.2, 0) is 6.54 Å². The number of rotatable bonds is 9. The van der Waals surface area contributed by atoms with Crippen LogP contribution in [-0.4, -0.2) is 86.2 Å². The highest BCUT2D eigenvalue weighted by Gasteiger charge is 2.34. The number of aromatic nitrogens is 4. The number of benzene rings is 2. The Labute approximate surface area is 314 Å². The standard InChI is InChI=1S/2C22H23N3O2/c26-22-20-19(18-10-6-14-25(18)22)21(16-8-2-3-9-17(16)23-20)27-15-7-13-24-11-4-1-5-12-24;26-21-16-8-2-3-9-17(16)24(15-7-13-23-11-4-1-5-12-23)20-19(21)18-10-6-14-25(18)22(20)27/h2*2-3,6,8-10,14H,1,4-5,7,11-13,15H2. The first-order valence-electron chi connectivity index (χ1n) is 19.7. The molecule has 0 aliphatic carbocycles. The average molecular weight is 723 g/mol. The van der Waals surface area contributed by atoms with Crippen molar-refractivity contribution in [1.29, 1.82) is 0 Å². The molecular formula is C44H46N6O4. The van der Waals surface area contributed by atoms with Crippen LogP contribution in [0.25, 0.3) is 44.3 Å². The van der Waals surface area contributed by atoms with E-state index in [2.05, 4.69) is 19.4 Å². The Balaban J connectivity index is 0.000000142. The molecule has 8 heterocycles. The minimum absolute atomic E-state index is 0.0429. The van der Waals surface area contributed by atoms with Gasteiger partial charge < -0.3 is 19.1 Å². The van der Waals surface area contributed by atoms with E-state index in [1.807, 2.05) is 72.8 Å². The SMILES string of the molecule is O=C1c2c(c(=O)c3ccccc3n2CCCN2CCCCC2)-c2cccn21.O=C1c2nc3ccccc3c(OCCCN3CCCCC3)c2-c2cccn21. The molecule has 0 unspecified atom stereocenters. The molecule has 2 aromatic carbocycles. The Bertz CT molecular complexity index is 2430. The molecular weight excluding hydrogens is 677 g/mol. The molecule has 0 N–H and O–H groups in total. The van der Waals surface area contributed by atoms with E-state index in [0.29, 0.717) is 28.9 Å². The predicted molar refractivity (Wildman–Crippen MR) is 212 cm³/mol. The Kier molecular flexibility index (Phi) is 9.47. The highest BCUT2D eigenvalue weighted by molar-refractivity contribution is 6.12. The molecule has 2 saturated heterocycles. The van der Waals surface area contributed by atoms with Crippen LogP contribution in [0.15, 0.2) is 90.0 Å². The lowest BCUT2D eigenvalue weighted by Crippen LogP contribution is -2.31. The molecule has 54 heavy (non-hydrogen) atoms. The van der Waals surface area contributed by atoms with E-state index in [9.17, 15) is 14.4 Å². The molecule has 0 bridgehead atoms. The molecule has 2 fully saturated rings. The van der Waals surface area contributed by atoms with Gasteiger partial charge in [0.2, 0.25) is 0 Å². The van der Waals surface area contributed by atoms with Crippen LogP contribution in [0.2, 0.25) is 0 Å². The van der Waals surface area contributed by atoms with Gasteiger partial charge in [-0.3, -0.25) is 23.5 Å². The molecule has 10 rings (SSSR count). The minimum Gasteiger partial charge on any atom is -0.492 e. The Hall–Kier alpha value is -5.32. The normalized spacial score (nSPS) is 16.6. The van der Waals surface area contributed by atoms with E-state index >= 15 is 0 Å². The van der Waals surface area contributed by atoms with Gasteiger partial charge in [0.25, 0.3) is 11.8 Å². The summed E-state index contributed by atoms with van der Waals surface area (Å²) >= 11 is 0. The van der Waals surface area contributed by atoms with E-state index in [4.69, 9.17) is 4.74 Å². The Morgan fingerprint density at radius 2 is 1.20 bits per heavy atom. The van der Waals surface area contributed by atoms with Crippen LogP contribution in [0.1, 0.15) is 72.3 Å². The van der Waals surface area contributed by atoms with E-state index in [1.54, 1.807) is 21.5 Å². The number of piperidine rings is 2. The number of hydrogen-bond acceptors (Lipinski definition) is 7. The third-order valence-corrected chi connectivity index (χ3v) is 11.5. The van der Waals surface area contributed by atoms with Gasteiger partial charge in [-0.05, 0) is 120 Å². The second kappa shape index (κ2) is 14.8. The van der Waals surface area contributed by atoms with Crippen molar-refractivity contribution in [2.24, 2.45) is 0 Å². The van der Waals surface area contributed by atoms with E-state index in [1.165, 1.54) is 64.7 Å². The van der Waals surface area contributed by atoms with Crippen molar-refractivity contribution in [2.75, 3.05) is 45.9 Å². The van der Waals surface area contributed by atoms with Crippen LogP contribution in [0.5, 0.6) is 5.75 Å². The topological polar surface area (TPSA) is 94.6 Å². The van der Waals surface area contributed by atoms with Gasteiger partial charge in [-0.15, -0.1) is 0 Å². The van der Waals surface area contributed by atoms with Crippen molar-refractivity contribution in [3.63, 3.8) is 0 Å². The maximum absolute atomic E-state index is 13.1. The summed E-state index contributed by atoms with van der Waals surface area (Å²) in [7, 11) is 0. The summed E-state index contributed by atoms with van der Waals surface area (Å²) in [5.74, 6) is 0.625. The van der Waals surface area contributed by atoms with Gasteiger partial charge in [0.05, 0.1) is 40.2 Å².